The molecule has 1 amide bonds. The Morgan fingerprint density at radius 3 is 2.50 bits per heavy atom. The van der Waals surface area contributed by atoms with Gasteiger partial charge in [0.15, 0.2) is 0 Å². The molecule has 3 aromatic rings. The van der Waals surface area contributed by atoms with Gasteiger partial charge in [0.25, 0.3) is 0 Å². The molecule has 1 aliphatic heterocycles. The molecule has 4 rings (SSSR count). The summed E-state index contributed by atoms with van der Waals surface area (Å²) in [5.41, 5.74) is 0.834. The fourth-order valence-electron chi connectivity index (χ4n) is 3.70. The smallest absolute Gasteiger partial charge is 0.411 e. The van der Waals surface area contributed by atoms with E-state index < -0.39 is 32.6 Å². The second-order valence-electron chi connectivity index (χ2n) is 7.14. The number of nitrogens with zero attached hydrogens (tertiary/aromatic N) is 3. The first kappa shape index (κ1) is 21.7. The molecule has 0 fully saturated rings. The van der Waals surface area contributed by atoms with Crippen LogP contribution >= 0.6 is 0 Å². The Morgan fingerprint density at radius 2 is 1.91 bits per heavy atom. The van der Waals surface area contributed by atoms with Gasteiger partial charge in [-0.1, -0.05) is 0 Å². The quantitative estimate of drug-likeness (QED) is 0.608. The van der Waals surface area contributed by atoms with Crippen molar-refractivity contribution in [2.45, 2.75) is 11.4 Å². The van der Waals surface area contributed by atoms with Gasteiger partial charge in [-0.2, -0.15) is 0 Å². The summed E-state index contributed by atoms with van der Waals surface area (Å²) in [6.07, 6.45) is 0.198. The van der Waals surface area contributed by atoms with Gasteiger partial charge in [0, 0.05) is 36.7 Å². The third-order valence-corrected chi connectivity index (χ3v) is 6.14. The highest BCUT2D eigenvalue weighted by atomic mass is 32.2. The fourth-order valence-corrected chi connectivity index (χ4v) is 4.24. The minimum Gasteiger partial charge on any atom is -0.497 e. The molecule has 0 radical (unpaired) electrons. The Morgan fingerprint density at radius 1 is 1.22 bits per heavy atom. The van der Waals surface area contributed by atoms with E-state index in [-0.39, 0.29) is 30.9 Å². The summed E-state index contributed by atoms with van der Waals surface area (Å²) in [5, 5.41) is 15.1. The van der Waals surface area contributed by atoms with E-state index in [9.17, 15) is 27.1 Å². The Labute approximate surface area is 181 Å². The van der Waals surface area contributed by atoms with Crippen LogP contribution in [-0.2, 0) is 16.6 Å². The number of benzene rings is 2. The van der Waals surface area contributed by atoms with E-state index in [1.54, 1.807) is 23.1 Å². The van der Waals surface area contributed by atoms with Gasteiger partial charge in [-0.05, 0) is 24.3 Å². The van der Waals surface area contributed by atoms with E-state index >= 15 is 0 Å². The largest absolute Gasteiger partial charge is 0.497 e. The molecule has 3 N–H and O–H groups in total. The number of amides is 1. The van der Waals surface area contributed by atoms with Crippen LogP contribution in [0.2, 0.25) is 0 Å². The average Bonchev–Trinajstić information content (AvgIpc) is 2.74. The van der Waals surface area contributed by atoms with Gasteiger partial charge in [-0.15, -0.1) is 0 Å². The highest BCUT2D eigenvalue weighted by Crippen LogP contribution is 2.40. The summed E-state index contributed by atoms with van der Waals surface area (Å²) in [4.78, 5) is 18.1. The number of hydrogen-bond acceptors (Lipinski definition) is 6. The Kier molecular flexibility index (Phi) is 5.34. The minimum absolute atomic E-state index is 0.0458. The molecule has 0 bridgehead atoms. The highest BCUT2D eigenvalue weighted by molar-refractivity contribution is 7.89. The fraction of sp³-hybridized carbons (Fsp3) is 0.200. The van der Waals surface area contributed by atoms with Crippen LogP contribution in [0.25, 0.3) is 10.9 Å². The normalized spacial score (nSPS) is 13.9. The van der Waals surface area contributed by atoms with Gasteiger partial charge in [-0.3, -0.25) is 9.88 Å². The van der Waals surface area contributed by atoms with Gasteiger partial charge >= 0.3 is 6.09 Å². The number of carbonyl (C=O) groups is 1. The molecule has 0 saturated carbocycles. The first-order chi connectivity index (χ1) is 15.1. The zero-order chi connectivity index (χ0) is 23.2. The lowest BCUT2D eigenvalue weighted by Gasteiger charge is -2.37. The van der Waals surface area contributed by atoms with Gasteiger partial charge in [-0.25, -0.2) is 27.1 Å². The second-order valence-corrected chi connectivity index (χ2v) is 8.70. The molecule has 0 spiro atoms. The van der Waals surface area contributed by atoms with Crippen LogP contribution in [0.5, 0.6) is 5.75 Å². The maximum absolute atomic E-state index is 14.7. The van der Waals surface area contributed by atoms with E-state index in [1.807, 2.05) is 0 Å². The number of fused-ring (bicyclic) bond motifs is 3. The van der Waals surface area contributed by atoms with Gasteiger partial charge in [0.2, 0.25) is 10.0 Å². The SMILES string of the molecule is COc1ccc2c3c(cnc2c1)N(C(=O)O)CCN3Cc1c(F)cc(S(N)(=O)=O)cc1F. The van der Waals surface area contributed by atoms with Crippen LogP contribution < -0.4 is 19.7 Å². The number of methoxy groups -OCH3 is 1. The summed E-state index contributed by atoms with van der Waals surface area (Å²) in [7, 11) is -2.79. The van der Waals surface area contributed by atoms with Crippen LogP contribution in [0, 0.1) is 11.6 Å². The predicted molar refractivity (Wildman–Crippen MR) is 112 cm³/mol. The third-order valence-electron chi connectivity index (χ3n) is 5.25. The number of aromatic nitrogens is 1. The first-order valence-electron chi connectivity index (χ1n) is 9.33. The number of halogens is 2. The number of carboxylic acid groups (broad SMARTS) is 1. The van der Waals surface area contributed by atoms with Crippen molar-refractivity contribution in [1.82, 2.24) is 4.98 Å². The van der Waals surface area contributed by atoms with E-state index in [4.69, 9.17) is 9.88 Å². The summed E-state index contributed by atoms with van der Waals surface area (Å²) in [6, 6.07) is 6.35. The Balaban J connectivity index is 1.85. The predicted octanol–water partition coefficient (Wildman–Crippen LogP) is 2.67. The number of pyridine rings is 1. The molecule has 1 aliphatic rings. The van der Waals surface area contributed by atoms with Gasteiger partial charge in [0.05, 0.1) is 35.1 Å². The summed E-state index contributed by atoms with van der Waals surface area (Å²) < 4.78 is 57.5. The van der Waals surface area contributed by atoms with E-state index in [0.717, 1.165) is 4.90 Å². The zero-order valence-electron chi connectivity index (χ0n) is 16.7. The van der Waals surface area contributed by atoms with Crippen molar-refractivity contribution in [3.63, 3.8) is 0 Å². The number of anilines is 2. The maximum atomic E-state index is 14.7. The minimum atomic E-state index is -4.28. The van der Waals surface area contributed by atoms with Crippen LogP contribution in [0.4, 0.5) is 25.0 Å². The molecule has 0 unspecified atom stereocenters. The molecule has 2 heterocycles. The Bertz CT molecular complexity index is 1330. The lowest BCUT2D eigenvalue weighted by Crippen LogP contribution is -2.43. The van der Waals surface area contributed by atoms with Crippen molar-refractivity contribution in [3.05, 3.63) is 53.7 Å². The Hall–Kier alpha value is -3.51. The van der Waals surface area contributed by atoms with Crippen LogP contribution in [0.3, 0.4) is 0 Å². The van der Waals surface area contributed by atoms with Crippen LogP contribution in [-0.4, -0.2) is 44.8 Å². The molecule has 168 valence electrons. The van der Waals surface area contributed by atoms with Crippen molar-refractivity contribution in [1.29, 1.82) is 0 Å². The molecule has 0 atom stereocenters. The summed E-state index contributed by atoms with van der Waals surface area (Å²) >= 11 is 0. The van der Waals surface area contributed by atoms with Gasteiger partial charge in [0.1, 0.15) is 17.4 Å². The maximum Gasteiger partial charge on any atom is 0.411 e. The number of sulfonamides is 1. The molecule has 2 aromatic carbocycles. The third kappa shape index (κ3) is 3.78. The number of primary sulfonamides is 1. The van der Waals surface area contributed by atoms with E-state index in [0.29, 0.717) is 34.5 Å². The van der Waals surface area contributed by atoms with Crippen molar-refractivity contribution in [2.24, 2.45) is 5.14 Å². The molecule has 1 aromatic heterocycles. The van der Waals surface area contributed by atoms with Crippen molar-refractivity contribution in [2.75, 3.05) is 30.0 Å². The molecule has 9 nitrogen and oxygen atoms in total. The van der Waals surface area contributed by atoms with Crippen molar-refractivity contribution >= 4 is 38.4 Å². The monoisotopic (exact) mass is 464 g/mol. The molecule has 12 heteroatoms. The van der Waals surface area contributed by atoms with Crippen LogP contribution in [0.1, 0.15) is 5.56 Å². The standard InChI is InChI=1S/C20H18F2N4O5S/c1-31-11-2-3-13-17(6-11)24-9-18-19(13)25(4-5-26(18)20(27)28)10-14-15(21)7-12(8-16(14)22)32(23,29)30/h2-3,6-9H,4-5,10H2,1H3,(H,27,28)(H2,23,29,30). The summed E-state index contributed by atoms with van der Waals surface area (Å²) in [6.45, 7) is -0.0847. The number of ether oxygens (including phenoxy) is 1. The molecule has 0 saturated heterocycles. The number of nitrogens with two attached hydrogens (primary N) is 1. The number of rotatable bonds is 4. The number of hydrogen-bond donors (Lipinski definition) is 2. The molecular weight excluding hydrogens is 446 g/mol. The summed E-state index contributed by atoms with van der Waals surface area (Å²) in [5.74, 6) is -1.61. The van der Waals surface area contributed by atoms with Crippen LogP contribution in [0.15, 0.2) is 41.4 Å². The second kappa shape index (κ2) is 7.88. The lowest BCUT2D eigenvalue weighted by molar-refractivity contribution is 0.201. The first-order valence-corrected chi connectivity index (χ1v) is 10.9. The average molecular weight is 464 g/mol. The van der Waals surface area contributed by atoms with Gasteiger partial charge < -0.3 is 14.7 Å². The highest BCUT2D eigenvalue weighted by Gasteiger charge is 2.30. The van der Waals surface area contributed by atoms with Crippen molar-refractivity contribution in [3.8, 4) is 5.75 Å². The van der Waals surface area contributed by atoms with E-state index in [1.165, 1.54) is 13.3 Å². The topological polar surface area (TPSA) is 126 Å². The lowest BCUT2D eigenvalue weighted by atomic mass is 10.1. The molecule has 32 heavy (non-hydrogen) atoms. The molecule has 0 aliphatic carbocycles. The van der Waals surface area contributed by atoms with E-state index in [2.05, 4.69) is 4.98 Å². The molecular formula is C20H18F2N4O5S. The van der Waals surface area contributed by atoms with Crippen molar-refractivity contribution < 1.29 is 31.8 Å². The zero-order valence-corrected chi connectivity index (χ0v) is 17.6.